The molecule has 3 heteroatoms. The van der Waals surface area contributed by atoms with Gasteiger partial charge in [-0.15, -0.1) is 0 Å². The van der Waals surface area contributed by atoms with E-state index in [1.54, 1.807) is 0 Å². The van der Waals surface area contributed by atoms with Crippen molar-refractivity contribution in [3.8, 4) is 5.75 Å². The lowest BCUT2D eigenvalue weighted by atomic mass is 9.95. The summed E-state index contributed by atoms with van der Waals surface area (Å²) in [6.45, 7) is 12.1. The molecule has 0 aromatic heterocycles. The highest BCUT2D eigenvalue weighted by Crippen LogP contribution is 2.27. The molecule has 0 radical (unpaired) electrons. The Balaban J connectivity index is 2.62. The monoisotopic (exact) mass is 250 g/mol. The number of hydrogen-bond donors (Lipinski definition) is 1. The molecule has 0 heterocycles. The maximum atomic E-state index is 6.15. The number of ether oxygens (including phenoxy) is 1. The SMILES string of the molecule is CCN(CC)CCOc1ccccc1C(C)(C)N. The molecule has 0 aliphatic carbocycles. The van der Waals surface area contributed by atoms with E-state index >= 15 is 0 Å². The van der Waals surface area contributed by atoms with Crippen LogP contribution in [0.5, 0.6) is 5.75 Å². The second-order valence-electron chi connectivity index (χ2n) is 5.09. The van der Waals surface area contributed by atoms with E-state index in [9.17, 15) is 0 Å². The van der Waals surface area contributed by atoms with Gasteiger partial charge in [-0.05, 0) is 33.0 Å². The fraction of sp³-hybridized carbons (Fsp3) is 0.600. The van der Waals surface area contributed by atoms with Gasteiger partial charge in [0.25, 0.3) is 0 Å². The summed E-state index contributed by atoms with van der Waals surface area (Å²) in [6, 6.07) is 8.02. The Morgan fingerprint density at radius 2 is 1.78 bits per heavy atom. The summed E-state index contributed by atoms with van der Waals surface area (Å²) in [7, 11) is 0. The minimum atomic E-state index is -0.369. The maximum Gasteiger partial charge on any atom is 0.124 e. The fourth-order valence-corrected chi connectivity index (χ4v) is 1.95. The summed E-state index contributed by atoms with van der Waals surface area (Å²) in [5.74, 6) is 0.900. The number of hydrogen-bond acceptors (Lipinski definition) is 3. The number of nitrogens with two attached hydrogens (primary N) is 1. The summed E-state index contributed by atoms with van der Waals surface area (Å²) in [5.41, 5.74) is 6.84. The first-order valence-electron chi connectivity index (χ1n) is 6.72. The molecule has 2 N–H and O–H groups in total. The first-order valence-corrected chi connectivity index (χ1v) is 6.72. The van der Waals surface area contributed by atoms with Crippen molar-refractivity contribution in [2.75, 3.05) is 26.2 Å². The molecular weight excluding hydrogens is 224 g/mol. The van der Waals surface area contributed by atoms with Crippen molar-refractivity contribution >= 4 is 0 Å². The zero-order valence-corrected chi connectivity index (χ0v) is 12.1. The average Bonchev–Trinajstić information content (AvgIpc) is 2.34. The number of nitrogens with zero attached hydrogens (tertiary/aromatic N) is 1. The largest absolute Gasteiger partial charge is 0.492 e. The molecule has 18 heavy (non-hydrogen) atoms. The Hall–Kier alpha value is -1.06. The van der Waals surface area contributed by atoms with Crippen molar-refractivity contribution in [1.82, 2.24) is 4.90 Å². The molecule has 0 atom stereocenters. The van der Waals surface area contributed by atoms with E-state index < -0.39 is 0 Å². The van der Waals surface area contributed by atoms with Gasteiger partial charge >= 0.3 is 0 Å². The number of likely N-dealkylation sites (N-methyl/N-ethyl adjacent to an activating group) is 1. The van der Waals surface area contributed by atoms with E-state index in [-0.39, 0.29) is 5.54 Å². The van der Waals surface area contributed by atoms with E-state index in [1.807, 2.05) is 38.1 Å². The molecular formula is C15H26N2O. The molecule has 1 aromatic carbocycles. The van der Waals surface area contributed by atoms with E-state index in [1.165, 1.54) is 0 Å². The molecule has 0 spiro atoms. The van der Waals surface area contributed by atoms with Crippen molar-refractivity contribution in [1.29, 1.82) is 0 Å². The van der Waals surface area contributed by atoms with Crippen LogP contribution in [0.2, 0.25) is 0 Å². The Morgan fingerprint density at radius 3 is 2.33 bits per heavy atom. The molecule has 0 aliphatic rings. The minimum absolute atomic E-state index is 0.369. The quantitative estimate of drug-likeness (QED) is 0.808. The lowest BCUT2D eigenvalue weighted by Crippen LogP contribution is -2.31. The van der Waals surface area contributed by atoms with Gasteiger partial charge in [0.05, 0.1) is 0 Å². The molecule has 3 nitrogen and oxygen atoms in total. The van der Waals surface area contributed by atoms with Crippen LogP contribution in [0.3, 0.4) is 0 Å². The first kappa shape index (κ1) is 15.0. The predicted molar refractivity (Wildman–Crippen MR) is 76.9 cm³/mol. The van der Waals surface area contributed by atoms with E-state index in [0.29, 0.717) is 6.61 Å². The van der Waals surface area contributed by atoms with Gasteiger partial charge in [-0.25, -0.2) is 0 Å². The molecule has 0 bridgehead atoms. The van der Waals surface area contributed by atoms with E-state index in [4.69, 9.17) is 10.5 Å². The molecule has 102 valence electrons. The normalized spacial score (nSPS) is 11.9. The van der Waals surface area contributed by atoms with Crippen LogP contribution in [0.4, 0.5) is 0 Å². The van der Waals surface area contributed by atoms with Gasteiger partial charge in [0.1, 0.15) is 12.4 Å². The molecule has 0 saturated carbocycles. The highest BCUT2D eigenvalue weighted by molar-refractivity contribution is 5.37. The third kappa shape index (κ3) is 4.31. The Labute approximate surface area is 111 Å². The van der Waals surface area contributed by atoms with Crippen LogP contribution in [-0.2, 0) is 5.54 Å². The van der Waals surface area contributed by atoms with Gasteiger partial charge in [0, 0.05) is 17.6 Å². The summed E-state index contributed by atoms with van der Waals surface area (Å²) in [5, 5.41) is 0. The molecule has 0 amide bonds. The first-order chi connectivity index (χ1) is 8.49. The topological polar surface area (TPSA) is 38.5 Å². The van der Waals surface area contributed by atoms with Crippen molar-refractivity contribution in [3.63, 3.8) is 0 Å². The number of rotatable bonds is 7. The maximum absolute atomic E-state index is 6.15. The van der Waals surface area contributed by atoms with E-state index in [2.05, 4.69) is 18.7 Å². The van der Waals surface area contributed by atoms with Crippen molar-refractivity contribution in [2.24, 2.45) is 5.73 Å². The minimum Gasteiger partial charge on any atom is -0.492 e. The van der Waals surface area contributed by atoms with Gasteiger partial charge in [0.2, 0.25) is 0 Å². The summed E-state index contributed by atoms with van der Waals surface area (Å²) < 4.78 is 5.88. The van der Waals surface area contributed by atoms with Gasteiger partial charge in [-0.2, -0.15) is 0 Å². The molecule has 0 unspecified atom stereocenters. The molecule has 0 aliphatic heterocycles. The Morgan fingerprint density at radius 1 is 1.17 bits per heavy atom. The molecule has 0 saturated heterocycles. The predicted octanol–water partition coefficient (Wildman–Crippen LogP) is 2.60. The van der Waals surface area contributed by atoms with Gasteiger partial charge < -0.3 is 15.4 Å². The van der Waals surface area contributed by atoms with Crippen LogP contribution < -0.4 is 10.5 Å². The van der Waals surface area contributed by atoms with Crippen molar-refractivity contribution in [2.45, 2.75) is 33.2 Å². The van der Waals surface area contributed by atoms with Crippen molar-refractivity contribution in [3.05, 3.63) is 29.8 Å². The number of benzene rings is 1. The second kappa shape index (κ2) is 6.76. The Kier molecular flexibility index (Phi) is 5.63. The fourth-order valence-electron chi connectivity index (χ4n) is 1.95. The zero-order valence-electron chi connectivity index (χ0n) is 12.1. The second-order valence-corrected chi connectivity index (χ2v) is 5.09. The summed E-state index contributed by atoms with van der Waals surface area (Å²) >= 11 is 0. The molecule has 0 fully saturated rings. The highest BCUT2D eigenvalue weighted by Gasteiger charge is 2.18. The lowest BCUT2D eigenvalue weighted by molar-refractivity contribution is 0.220. The smallest absolute Gasteiger partial charge is 0.124 e. The Bertz CT molecular complexity index is 354. The van der Waals surface area contributed by atoms with Crippen LogP contribution >= 0.6 is 0 Å². The van der Waals surface area contributed by atoms with E-state index in [0.717, 1.165) is 30.9 Å². The van der Waals surface area contributed by atoms with Crippen LogP contribution in [0.15, 0.2) is 24.3 Å². The van der Waals surface area contributed by atoms with Gasteiger partial charge in [-0.1, -0.05) is 32.0 Å². The summed E-state index contributed by atoms with van der Waals surface area (Å²) in [6.07, 6.45) is 0. The number of para-hydroxylation sites is 1. The van der Waals surface area contributed by atoms with Crippen LogP contribution in [0, 0.1) is 0 Å². The van der Waals surface area contributed by atoms with Gasteiger partial charge in [-0.3, -0.25) is 0 Å². The average molecular weight is 250 g/mol. The van der Waals surface area contributed by atoms with Crippen molar-refractivity contribution < 1.29 is 4.74 Å². The highest BCUT2D eigenvalue weighted by atomic mass is 16.5. The van der Waals surface area contributed by atoms with Crippen LogP contribution in [-0.4, -0.2) is 31.1 Å². The van der Waals surface area contributed by atoms with Gasteiger partial charge in [0.15, 0.2) is 0 Å². The third-order valence-corrected chi connectivity index (χ3v) is 3.14. The molecule has 1 aromatic rings. The van der Waals surface area contributed by atoms with Crippen LogP contribution in [0.1, 0.15) is 33.3 Å². The zero-order chi connectivity index (χ0) is 13.6. The lowest BCUT2D eigenvalue weighted by Gasteiger charge is -2.24. The summed E-state index contributed by atoms with van der Waals surface area (Å²) in [4.78, 5) is 2.34. The van der Waals surface area contributed by atoms with Crippen LogP contribution in [0.25, 0.3) is 0 Å². The third-order valence-electron chi connectivity index (χ3n) is 3.14. The molecule has 1 rings (SSSR count). The standard InChI is InChI=1S/C15H26N2O/c1-5-17(6-2)11-12-18-14-10-8-7-9-13(14)15(3,4)16/h7-10H,5-6,11-12,16H2,1-4H3.